The molecule has 3 aromatic rings. The second-order valence-corrected chi connectivity index (χ2v) is 8.89. The lowest BCUT2D eigenvalue weighted by Gasteiger charge is -2.44. The minimum Gasteiger partial charge on any atom is -0.497 e. The molecule has 1 aromatic heterocycles. The fraction of sp³-hybridized carbons (Fsp3) is 0.391. The summed E-state index contributed by atoms with van der Waals surface area (Å²) >= 11 is 6.11. The molecule has 1 spiro atoms. The molecular weight excluding hydrogens is 416 g/mol. The van der Waals surface area contributed by atoms with Crippen molar-refractivity contribution < 1.29 is 9.66 Å². The Bertz CT molecular complexity index is 1150. The van der Waals surface area contributed by atoms with Gasteiger partial charge in [-0.05, 0) is 55.2 Å². The molecule has 1 fully saturated rings. The first-order chi connectivity index (χ1) is 15.0. The molecule has 0 bridgehead atoms. The molecule has 3 heterocycles. The molecule has 0 unspecified atom stereocenters. The van der Waals surface area contributed by atoms with Crippen molar-refractivity contribution in [2.45, 2.75) is 31.3 Å². The van der Waals surface area contributed by atoms with Crippen LogP contribution in [0.4, 0.5) is 5.69 Å². The SMILES string of the molecule is COc1ccc2[nH]c3c(c2c1)CCNC31CCN(Cc2cc(Cl)ccc2[N+](=O)[O-])CC1. The Morgan fingerprint density at radius 1 is 1.23 bits per heavy atom. The summed E-state index contributed by atoms with van der Waals surface area (Å²) in [5.41, 5.74) is 4.53. The number of halogens is 1. The lowest BCUT2D eigenvalue weighted by atomic mass is 9.79. The van der Waals surface area contributed by atoms with E-state index in [1.807, 2.05) is 6.07 Å². The molecule has 0 amide bonds. The van der Waals surface area contributed by atoms with E-state index in [4.69, 9.17) is 16.3 Å². The van der Waals surface area contributed by atoms with Crippen molar-refractivity contribution in [3.8, 4) is 5.75 Å². The number of benzene rings is 2. The summed E-state index contributed by atoms with van der Waals surface area (Å²) in [6.07, 6.45) is 2.87. The molecule has 8 heteroatoms. The quantitative estimate of drug-likeness (QED) is 0.464. The van der Waals surface area contributed by atoms with Crippen LogP contribution >= 0.6 is 11.6 Å². The van der Waals surface area contributed by atoms with Crippen LogP contribution in [0, 0.1) is 10.1 Å². The smallest absolute Gasteiger partial charge is 0.273 e. The maximum atomic E-state index is 11.4. The van der Waals surface area contributed by atoms with E-state index in [-0.39, 0.29) is 16.1 Å². The van der Waals surface area contributed by atoms with Crippen LogP contribution in [0.15, 0.2) is 36.4 Å². The number of hydrogen-bond donors (Lipinski definition) is 2. The minimum atomic E-state index is -0.329. The number of H-pyrrole nitrogens is 1. The zero-order valence-corrected chi connectivity index (χ0v) is 18.2. The van der Waals surface area contributed by atoms with E-state index < -0.39 is 0 Å². The van der Waals surface area contributed by atoms with Crippen LogP contribution < -0.4 is 10.1 Å². The third-order valence-electron chi connectivity index (χ3n) is 6.77. The van der Waals surface area contributed by atoms with Crippen molar-refractivity contribution in [2.24, 2.45) is 0 Å². The fourth-order valence-corrected chi connectivity index (χ4v) is 5.35. The number of piperidine rings is 1. The number of fused-ring (bicyclic) bond motifs is 4. The summed E-state index contributed by atoms with van der Waals surface area (Å²) in [5, 5.41) is 17.0. The van der Waals surface area contributed by atoms with Gasteiger partial charge in [0.15, 0.2) is 0 Å². The van der Waals surface area contributed by atoms with Gasteiger partial charge in [-0.2, -0.15) is 0 Å². The third-order valence-corrected chi connectivity index (χ3v) is 7.01. The first-order valence-electron chi connectivity index (χ1n) is 10.6. The molecule has 31 heavy (non-hydrogen) atoms. The van der Waals surface area contributed by atoms with Crippen molar-refractivity contribution in [2.75, 3.05) is 26.7 Å². The molecule has 0 atom stereocenters. The number of aromatic nitrogens is 1. The summed E-state index contributed by atoms with van der Waals surface area (Å²) in [6.45, 7) is 3.18. The van der Waals surface area contributed by atoms with Gasteiger partial charge in [0.05, 0.1) is 17.6 Å². The van der Waals surface area contributed by atoms with Crippen LogP contribution in [0.3, 0.4) is 0 Å². The number of likely N-dealkylation sites (tertiary alicyclic amines) is 1. The van der Waals surface area contributed by atoms with Crippen LogP contribution in [-0.2, 0) is 18.5 Å². The summed E-state index contributed by atoms with van der Waals surface area (Å²) in [6, 6.07) is 11.0. The van der Waals surface area contributed by atoms with Gasteiger partial charge >= 0.3 is 0 Å². The Hall–Kier alpha value is -2.61. The van der Waals surface area contributed by atoms with E-state index in [0.717, 1.165) is 50.2 Å². The molecule has 5 rings (SSSR count). The van der Waals surface area contributed by atoms with Gasteiger partial charge in [-0.1, -0.05) is 11.6 Å². The Morgan fingerprint density at radius 2 is 2.03 bits per heavy atom. The molecule has 2 aliphatic heterocycles. The van der Waals surface area contributed by atoms with Gasteiger partial charge in [0.2, 0.25) is 0 Å². The number of hydrogen-bond acceptors (Lipinski definition) is 5. The van der Waals surface area contributed by atoms with E-state index in [1.165, 1.54) is 22.7 Å². The van der Waals surface area contributed by atoms with Crippen molar-refractivity contribution in [1.29, 1.82) is 0 Å². The van der Waals surface area contributed by atoms with Gasteiger partial charge < -0.3 is 15.0 Å². The van der Waals surface area contributed by atoms with Crippen molar-refractivity contribution in [3.05, 3.63) is 68.4 Å². The normalized spacial score (nSPS) is 18.3. The Labute approximate surface area is 185 Å². The van der Waals surface area contributed by atoms with E-state index >= 15 is 0 Å². The molecule has 2 aromatic carbocycles. The van der Waals surface area contributed by atoms with Gasteiger partial charge in [-0.15, -0.1) is 0 Å². The number of nitrogens with one attached hydrogen (secondary N) is 2. The van der Waals surface area contributed by atoms with Gasteiger partial charge in [0, 0.05) is 59.4 Å². The summed E-state index contributed by atoms with van der Waals surface area (Å²) in [4.78, 5) is 17.0. The second-order valence-electron chi connectivity index (χ2n) is 8.46. The van der Waals surface area contributed by atoms with Crippen molar-refractivity contribution in [3.63, 3.8) is 0 Å². The predicted octanol–water partition coefficient (Wildman–Crippen LogP) is 4.38. The van der Waals surface area contributed by atoms with E-state index in [1.54, 1.807) is 19.2 Å². The lowest BCUT2D eigenvalue weighted by molar-refractivity contribution is -0.385. The maximum absolute atomic E-state index is 11.4. The minimum absolute atomic E-state index is 0.0867. The fourth-order valence-electron chi connectivity index (χ4n) is 5.16. The monoisotopic (exact) mass is 440 g/mol. The summed E-state index contributed by atoms with van der Waals surface area (Å²) in [7, 11) is 1.70. The standard InChI is InChI=1S/C23H25ClN4O3/c1-31-17-3-4-20-19(13-17)18-6-9-25-23(22(18)26-20)7-10-27(11-8-23)14-15-12-16(24)2-5-21(15)28(29)30/h2-5,12-13,25-26H,6-11,14H2,1H3. The molecular formula is C23H25ClN4O3. The summed E-state index contributed by atoms with van der Waals surface area (Å²) < 4.78 is 5.43. The largest absolute Gasteiger partial charge is 0.497 e. The number of rotatable bonds is 4. The average Bonchev–Trinajstić information content (AvgIpc) is 3.15. The molecule has 0 aliphatic carbocycles. The summed E-state index contributed by atoms with van der Waals surface area (Å²) in [5.74, 6) is 0.875. The molecule has 0 saturated carbocycles. The zero-order valence-electron chi connectivity index (χ0n) is 17.4. The molecule has 2 aliphatic rings. The van der Waals surface area contributed by atoms with Crippen LogP contribution in [0.1, 0.15) is 29.7 Å². The Balaban J connectivity index is 1.39. The van der Waals surface area contributed by atoms with Crippen LogP contribution in [0.25, 0.3) is 10.9 Å². The molecule has 7 nitrogen and oxygen atoms in total. The highest BCUT2D eigenvalue weighted by molar-refractivity contribution is 6.30. The highest BCUT2D eigenvalue weighted by Gasteiger charge is 2.41. The third kappa shape index (κ3) is 3.56. The van der Waals surface area contributed by atoms with Gasteiger partial charge in [0.25, 0.3) is 5.69 Å². The first kappa shape index (κ1) is 20.3. The number of nitrogens with zero attached hydrogens (tertiary/aromatic N) is 2. The van der Waals surface area contributed by atoms with E-state index in [2.05, 4.69) is 27.3 Å². The number of nitro groups is 1. The zero-order chi connectivity index (χ0) is 21.6. The molecule has 1 saturated heterocycles. The Kier molecular flexibility index (Phi) is 5.12. The van der Waals surface area contributed by atoms with E-state index in [0.29, 0.717) is 17.1 Å². The number of nitro benzene ring substituents is 1. The first-order valence-corrected chi connectivity index (χ1v) is 11.0. The average molecular weight is 441 g/mol. The van der Waals surface area contributed by atoms with Crippen molar-refractivity contribution in [1.82, 2.24) is 15.2 Å². The molecule has 2 N–H and O–H groups in total. The lowest BCUT2D eigenvalue weighted by Crippen LogP contribution is -2.54. The van der Waals surface area contributed by atoms with Gasteiger partial charge in [-0.25, -0.2) is 0 Å². The Morgan fingerprint density at radius 3 is 2.77 bits per heavy atom. The highest BCUT2D eigenvalue weighted by atomic mass is 35.5. The highest BCUT2D eigenvalue weighted by Crippen LogP contribution is 2.41. The molecule has 162 valence electrons. The van der Waals surface area contributed by atoms with Gasteiger partial charge in [-0.3, -0.25) is 15.0 Å². The van der Waals surface area contributed by atoms with Gasteiger partial charge in [0.1, 0.15) is 5.75 Å². The number of ether oxygens (including phenoxy) is 1. The maximum Gasteiger partial charge on any atom is 0.273 e. The van der Waals surface area contributed by atoms with Crippen LogP contribution in [0.5, 0.6) is 5.75 Å². The second kappa shape index (κ2) is 7.82. The predicted molar refractivity (Wildman–Crippen MR) is 121 cm³/mol. The number of aromatic amines is 1. The van der Waals surface area contributed by atoms with Crippen LogP contribution in [0.2, 0.25) is 5.02 Å². The van der Waals surface area contributed by atoms with Crippen LogP contribution in [-0.4, -0.2) is 41.6 Å². The van der Waals surface area contributed by atoms with E-state index in [9.17, 15) is 10.1 Å². The molecule has 0 radical (unpaired) electrons. The number of methoxy groups -OCH3 is 1. The van der Waals surface area contributed by atoms with Crippen molar-refractivity contribution >= 4 is 28.2 Å². The topological polar surface area (TPSA) is 83.4 Å².